The van der Waals surface area contributed by atoms with Gasteiger partial charge in [-0.05, 0) is 30.5 Å². The number of aromatic nitrogens is 4. The maximum atomic E-state index is 12.6. The second-order valence-electron chi connectivity index (χ2n) is 6.03. The highest BCUT2D eigenvalue weighted by Gasteiger charge is 2.14. The van der Waals surface area contributed by atoms with Crippen LogP contribution in [0.25, 0.3) is 11.4 Å². The Labute approximate surface area is 161 Å². The van der Waals surface area contributed by atoms with Gasteiger partial charge < -0.3 is 5.32 Å². The fourth-order valence-corrected chi connectivity index (χ4v) is 3.05. The molecule has 0 fully saturated rings. The van der Waals surface area contributed by atoms with Crippen LogP contribution in [0.3, 0.4) is 0 Å². The maximum Gasteiger partial charge on any atom is 0.221 e. The molecule has 3 aromatic rings. The minimum atomic E-state index is -0.185. The van der Waals surface area contributed by atoms with Crippen LogP contribution in [0.2, 0.25) is 0 Å². The topological polar surface area (TPSA) is 89.8 Å². The van der Waals surface area contributed by atoms with Gasteiger partial charge in [0, 0.05) is 22.9 Å². The molecule has 1 amide bonds. The summed E-state index contributed by atoms with van der Waals surface area (Å²) in [5, 5.41) is 15.0. The van der Waals surface area contributed by atoms with Gasteiger partial charge in [0.25, 0.3) is 0 Å². The van der Waals surface area contributed by atoms with E-state index in [1.807, 2.05) is 43.5 Å². The number of nitrogens with zero attached hydrogens (tertiary/aromatic N) is 4. The van der Waals surface area contributed by atoms with Gasteiger partial charge in [-0.1, -0.05) is 35.9 Å². The Morgan fingerprint density at radius 2 is 1.89 bits per heavy atom. The summed E-state index contributed by atoms with van der Waals surface area (Å²) in [5.41, 5.74) is 3.08. The molecule has 0 saturated heterocycles. The molecule has 0 saturated carbocycles. The Bertz CT molecular complexity index is 982. The molecule has 27 heavy (non-hydrogen) atoms. The molecule has 0 spiro atoms. The third-order valence-corrected chi connectivity index (χ3v) is 4.68. The van der Waals surface area contributed by atoms with E-state index < -0.39 is 0 Å². The summed E-state index contributed by atoms with van der Waals surface area (Å²) in [6, 6.07) is 13.0. The lowest BCUT2D eigenvalue weighted by atomic mass is 10.1. The van der Waals surface area contributed by atoms with E-state index >= 15 is 0 Å². The number of carbonyl (C=O) groups is 2. The van der Waals surface area contributed by atoms with E-state index in [1.54, 1.807) is 12.1 Å². The second kappa shape index (κ2) is 8.13. The van der Waals surface area contributed by atoms with Crippen molar-refractivity contribution in [2.24, 2.45) is 0 Å². The normalized spacial score (nSPS) is 10.6. The number of anilines is 1. The third-order valence-electron chi connectivity index (χ3n) is 3.88. The van der Waals surface area contributed by atoms with E-state index in [0.717, 1.165) is 16.0 Å². The molecule has 0 radical (unpaired) electrons. The Morgan fingerprint density at radius 1 is 1.15 bits per heavy atom. The van der Waals surface area contributed by atoms with Crippen LogP contribution < -0.4 is 5.32 Å². The molecule has 138 valence electrons. The molecule has 0 atom stereocenters. The van der Waals surface area contributed by atoms with Gasteiger partial charge in [-0.2, -0.15) is 4.80 Å². The SMILES string of the molecule is CSc1ccc(C(=O)Cn2nnc(-c3ccc(C)cc3)n2)cc1NC(C)=O. The van der Waals surface area contributed by atoms with Gasteiger partial charge in [0.15, 0.2) is 5.78 Å². The fourth-order valence-electron chi connectivity index (χ4n) is 2.52. The highest BCUT2D eigenvalue weighted by atomic mass is 32.2. The number of thioether (sulfide) groups is 1. The number of Topliss-reactive ketones (excluding diaryl/α,β-unsaturated/α-hetero) is 1. The number of benzene rings is 2. The summed E-state index contributed by atoms with van der Waals surface area (Å²) in [4.78, 5) is 26.1. The van der Waals surface area contributed by atoms with Gasteiger partial charge in [-0.25, -0.2) is 0 Å². The standard InChI is InChI=1S/C19H19N5O2S/c1-12-4-6-14(7-5-12)19-21-23-24(22-19)11-17(26)15-8-9-18(27-3)16(10-15)20-13(2)25/h4-10H,11H2,1-3H3,(H,20,25). The first-order valence-electron chi connectivity index (χ1n) is 8.30. The van der Waals surface area contributed by atoms with E-state index in [4.69, 9.17) is 0 Å². The van der Waals surface area contributed by atoms with Crippen molar-refractivity contribution in [3.63, 3.8) is 0 Å². The lowest BCUT2D eigenvalue weighted by Gasteiger charge is -2.09. The van der Waals surface area contributed by atoms with Crippen LogP contribution in [-0.4, -0.2) is 38.2 Å². The number of nitrogens with one attached hydrogen (secondary N) is 1. The smallest absolute Gasteiger partial charge is 0.221 e. The Balaban J connectivity index is 1.77. The van der Waals surface area contributed by atoms with Crippen molar-refractivity contribution in [2.75, 3.05) is 11.6 Å². The van der Waals surface area contributed by atoms with Crippen LogP contribution in [0.1, 0.15) is 22.8 Å². The first kappa shape index (κ1) is 18.8. The molecule has 0 aliphatic rings. The molecule has 0 aliphatic heterocycles. The summed E-state index contributed by atoms with van der Waals surface area (Å²) in [5.74, 6) is 0.122. The first-order chi connectivity index (χ1) is 13.0. The average molecular weight is 381 g/mol. The van der Waals surface area contributed by atoms with E-state index in [-0.39, 0.29) is 18.2 Å². The van der Waals surface area contributed by atoms with Gasteiger partial charge in [-0.3, -0.25) is 9.59 Å². The fraction of sp³-hybridized carbons (Fsp3) is 0.211. The van der Waals surface area contributed by atoms with Crippen molar-refractivity contribution >= 4 is 29.1 Å². The second-order valence-corrected chi connectivity index (χ2v) is 6.88. The van der Waals surface area contributed by atoms with Crippen molar-refractivity contribution in [3.8, 4) is 11.4 Å². The maximum absolute atomic E-state index is 12.6. The number of tetrazole rings is 1. The lowest BCUT2D eigenvalue weighted by molar-refractivity contribution is -0.114. The molecule has 7 nitrogen and oxygen atoms in total. The summed E-state index contributed by atoms with van der Waals surface area (Å²) >= 11 is 1.50. The van der Waals surface area contributed by atoms with Crippen LogP contribution in [0.4, 0.5) is 5.69 Å². The van der Waals surface area contributed by atoms with Crippen LogP contribution in [0.15, 0.2) is 47.4 Å². The van der Waals surface area contributed by atoms with Crippen LogP contribution in [0, 0.1) is 6.92 Å². The van der Waals surface area contributed by atoms with Crippen molar-refractivity contribution in [1.82, 2.24) is 20.2 Å². The van der Waals surface area contributed by atoms with E-state index in [0.29, 0.717) is 17.1 Å². The van der Waals surface area contributed by atoms with Gasteiger partial charge in [0.1, 0.15) is 6.54 Å². The van der Waals surface area contributed by atoms with Gasteiger partial charge in [0.05, 0.1) is 5.69 Å². The van der Waals surface area contributed by atoms with E-state index in [1.165, 1.54) is 23.5 Å². The number of amides is 1. The summed E-state index contributed by atoms with van der Waals surface area (Å²) in [7, 11) is 0. The number of hydrogen-bond donors (Lipinski definition) is 1. The Morgan fingerprint density at radius 3 is 2.56 bits per heavy atom. The average Bonchev–Trinajstić information content (AvgIpc) is 3.10. The molecule has 1 N–H and O–H groups in total. The number of aryl methyl sites for hydroxylation is 1. The monoisotopic (exact) mass is 381 g/mol. The van der Waals surface area contributed by atoms with Gasteiger partial charge in [0.2, 0.25) is 11.7 Å². The Hall–Kier alpha value is -3.00. The minimum Gasteiger partial charge on any atom is -0.325 e. The van der Waals surface area contributed by atoms with Crippen molar-refractivity contribution in [1.29, 1.82) is 0 Å². The summed E-state index contributed by atoms with van der Waals surface area (Å²) < 4.78 is 0. The molecule has 0 bridgehead atoms. The highest BCUT2D eigenvalue weighted by Crippen LogP contribution is 2.27. The predicted molar refractivity (Wildman–Crippen MR) is 105 cm³/mol. The zero-order chi connectivity index (χ0) is 19.4. The predicted octanol–water partition coefficient (Wildman–Crippen LogP) is 3.21. The molecule has 0 aliphatic carbocycles. The zero-order valence-corrected chi connectivity index (χ0v) is 16.1. The number of rotatable bonds is 6. The molecule has 0 unspecified atom stereocenters. The highest BCUT2D eigenvalue weighted by molar-refractivity contribution is 7.98. The molecule has 2 aromatic carbocycles. The van der Waals surface area contributed by atoms with Gasteiger partial charge >= 0.3 is 0 Å². The summed E-state index contributed by atoms with van der Waals surface area (Å²) in [6.07, 6.45) is 1.91. The van der Waals surface area contributed by atoms with Gasteiger partial charge in [-0.15, -0.1) is 22.0 Å². The largest absolute Gasteiger partial charge is 0.325 e. The van der Waals surface area contributed by atoms with Crippen molar-refractivity contribution < 1.29 is 9.59 Å². The quantitative estimate of drug-likeness (QED) is 0.521. The van der Waals surface area contributed by atoms with Crippen LogP contribution in [0.5, 0.6) is 0 Å². The van der Waals surface area contributed by atoms with Crippen LogP contribution in [-0.2, 0) is 11.3 Å². The number of ketones is 1. The molecule has 1 aromatic heterocycles. The molecule has 1 heterocycles. The molecule has 8 heteroatoms. The number of carbonyl (C=O) groups excluding carboxylic acids is 2. The zero-order valence-electron chi connectivity index (χ0n) is 15.3. The Kier molecular flexibility index (Phi) is 5.66. The first-order valence-corrected chi connectivity index (χ1v) is 9.52. The van der Waals surface area contributed by atoms with Crippen molar-refractivity contribution in [2.45, 2.75) is 25.3 Å². The van der Waals surface area contributed by atoms with E-state index in [9.17, 15) is 9.59 Å². The minimum absolute atomic E-state index is 0.0308. The molecular formula is C19H19N5O2S. The third kappa shape index (κ3) is 4.59. The number of hydrogen-bond acceptors (Lipinski definition) is 6. The van der Waals surface area contributed by atoms with E-state index in [2.05, 4.69) is 20.7 Å². The lowest BCUT2D eigenvalue weighted by Crippen LogP contribution is -2.14. The molecule has 3 rings (SSSR count). The van der Waals surface area contributed by atoms with Crippen molar-refractivity contribution in [3.05, 3.63) is 53.6 Å². The summed E-state index contributed by atoms with van der Waals surface area (Å²) in [6.45, 7) is 3.41. The van der Waals surface area contributed by atoms with Crippen LogP contribution >= 0.6 is 11.8 Å². The molecular weight excluding hydrogens is 362 g/mol.